The molecule has 2 heterocycles. The molecule has 1 N–H and O–H groups in total. The summed E-state index contributed by atoms with van der Waals surface area (Å²) in [5, 5.41) is 3.25. The summed E-state index contributed by atoms with van der Waals surface area (Å²) in [4.78, 5) is 5.17. The molecule has 0 radical (unpaired) electrons. The zero-order valence-electron chi connectivity index (χ0n) is 19.1. The number of nitrogens with one attached hydrogen (secondary N) is 1. The van der Waals surface area contributed by atoms with Gasteiger partial charge in [0.2, 0.25) is 0 Å². The molecule has 1 fully saturated rings. The molecule has 0 saturated carbocycles. The third-order valence-electron chi connectivity index (χ3n) is 6.62. The van der Waals surface area contributed by atoms with Gasteiger partial charge in [-0.25, -0.2) is 0 Å². The number of nitrogens with zero attached hydrogens (tertiary/aromatic N) is 2. The highest BCUT2D eigenvalue weighted by molar-refractivity contribution is 5.85. The van der Waals surface area contributed by atoms with Crippen LogP contribution in [-0.4, -0.2) is 37.6 Å². The van der Waals surface area contributed by atoms with E-state index in [1.807, 2.05) is 7.05 Å². The quantitative estimate of drug-likeness (QED) is 0.442. The van der Waals surface area contributed by atoms with E-state index in [9.17, 15) is 0 Å². The van der Waals surface area contributed by atoms with E-state index < -0.39 is 0 Å². The van der Waals surface area contributed by atoms with E-state index in [2.05, 4.69) is 87.9 Å². The van der Waals surface area contributed by atoms with Crippen LogP contribution in [0.5, 0.6) is 5.75 Å². The van der Waals surface area contributed by atoms with Crippen LogP contribution in [0.15, 0.2) is 72.8 Å². The van der Waals surface area contributed by atoms with Crippen molar-refractivity contribution in [1.82, 2.24) is 4.90 Å². The van der Waals surface area contributed by atoms with Gasteiger partial charge in [-0.3, -0.25) is 4.90 Å². The minimum Gasteiger partial charge on any atom is -0.487 e. The number of ether oxygens (including phenoxy) is 1. The van der Waals surface area contributed by atoms with Crippen LogP contribution in [0.3, 0.4) is 0 Å². The molecule has 33 heavy (non-hydrogen) atoms. The van der Waals surface area contributed by atoms with Crippen LogP contribution in [0, 0.1) is 0 Å². The number of hydrogen-bond acceptors (Lipinski definition) is 4. The summed E-state index contributed by atoms with van der Waals surface area (Å²) < 4.78 is 6.16. The first-order chi connectivity index (χ1) is 15.3. The highest BCUT2D eigenvalue weighted by atomic mass is 35.5. The van der Waals surface area contributed by atoms with Crippen molar-refractivity contribution < 1.29 is 4.74 Å². The Balaban J connectivity index is 0.00000153. The molecule has 1 saturated heterocycles. The lowest BCUT2D eigenvalue weighted by atomic mass is 10.1. The van der Waals surface area contributed by atoms with Crippen LogP contribution < -0.4 is 15.0 Å². The van der Waals surface area contributed by atoms with E-state index in [4.69, 9.17) is 4.74 Å². The molecule has 0 aliphatic carbocycles. The van der Waals surface area contributed by atoms with Gasteiger partial charge in [-0.2, -0.15) is 0 Å². The molecule has 0 bridgehead atoms. The minimum absolute atomic E-state index is 0. The van der Waals surface area contributed by atoms with Gasteiger partial charge in [-0.1, -0.05) is 42.5 Å². The Morgan fingerprint density at radius 3 is 2.58 bits per heavy atom. The maximum Gasteiger partial charge on any atom is 0.143 e. The number of likely N-dealkylation sites (tertiary alicyclic amines) is 1. The number of halogens is 2. The monoisotopic (exact) mass is 485 g/mol. The van der Waals surface area contributed by atoms with E-state index in [-0.39, 0.29) is 24.8 Å². The van der Waals surface area contributed by atoms with Crippen LogP contribution in [0.2, 0.25) is 0 Å². The number of benzene rings is 3. The average Bonchev–Trinajstić information content (AvgIpc) is 3.21. The third-order valence-corrected chi connectivity index (χ3v) is 6.62. The molecule has 5 rings (SSSR count). The Morgan fingerprint density at radius 2 is 1.73 bits per heavy atom. The molecule has 0 amide bonds. The van der Waals surface area contributed by atoms with Gasteiger partial charge in [0.15, 0.2) is 0 Å². The van der Waals surface area contributed by atoms with E-state index in [1.165, 1.54) is 47.6 Å². The molecule has 4 nitrogen and oxygen atoms in total. The molecular formula is C27H33Cl2N3O. The number of rotatable bonds is 6. The van der Waals surface area contributed by atoms with Crippen molar-refractivity contribution in [3.8, 4) is 5.75 Å². The van der Waals surface area contributed by atoms with Gasteiger partial charge in [-0.05, 0) is 61.7 Å². The molecule has 0 spiro atoms. The standard InChI is InChI=1S/C27H31N3O.2ClH/c1-28-23-10-6-8-21(18-23)15-17-29-16-7-11-24(29)19-30-25-12-3-2-9-22(25)20-31-27-14-5-4-13-26(27)30;;/h2-6,8-10,12-14,18,24,28H,7,11,15-17,19-20H2,1H3;2*1H. The Morgan fingerprint density at radius 1 is 0.939 bits per heavy atom. The molecule has 6 heteroatoms. The van der Waals surface area contributed by atoms with Crippen molar-refractivity contribution in [1.29, 1.82) is 0 Å². The van der Waals surface area contributed by atoms with Gasteiger partial charge in [0, 0.05) is 43.1 Å². The van der Waals surface area contributed by atoms with Crippen molar-refractivity contribution in [3.63, 3.8) is 0 Å². The fourth-order valence-electron chi connectivity index (χ4n) is 4.94. The van der Waals surface area contributed by atoms with Gasteiger partial charge in [0.1, 0.15) is 12.4 Å². The second-order valence-corrected chi connectivity index (χ2v) is 8.53. The summed E-state index contributed by atoms with van der Waals surface area (Å²) in [6, 6.07) is 26.5. The molecule has 1 atom stereocenters. The van der Waals surface area contributed by atoms with Gasteiger partial charge in [0.05, 0.1) is 5.69 Å². The largest absolute Gasteiger partial charge is 0.487 e. The SMILES string of the molecule is CNc1cccc(CCN2CCCC2CN2c3ccccc3COc3ccccc32)c1.Cl.Cl. The van der Waals surface area contributed by atoms with Gasteiger partial charge in [0.25, 0.3) is 0 Å². The molecular weight excluding hydrogens is 453 g/mol. The summed E-state index contributed by atoms with van der Waals surface area (Å²) in [7, 11) is 1.98. The second-order valence-electron chi connectivity index (χ2n) is 8.53. The van der Waals surface area contributed by atoms with E-state index in [1.54, 1.807) is 0 Å². The van der Waals surface area contributed by atoms with E-state index in [0.29, 0.717) is 12.6 Å². The van der Waals surface area contributed by atoms with E-state index in [0.717, 1.165) is 25.3 Å². The molecule has 2 aliphatic rings. The Bertz CT molecular complexity index is 998. The predicted molar refractivity (Wildman–Crippen MR) is 143 cm³/mol. The summed E-state index contributed by atoms with van der Waals surface area (Å²) >= 11 is 0. The topological polar surface area (TPSA) is 27.7 Å². The Kier molecular flexibility index (Phi) is 8.90. The molecule has 3 aromatic rings. The number of hydrogen-bond donors (Lipinski definition) is 1. The first kappa shape index (κ1) is 25.2. The number of fused-ring (bicyclic) bond motifs is 2. The van der Waals surface area contributed by atoms with Crippen LogP contribution in [-0.2, 0) is 13.0 Å². The fraction of sp³-hybridized carbons (Fsp3) is 0.333. The lowest BCUT2D eigenvalue weighted by Gasteiger charge is -2.32. The third kappa shape index (κ3) is 5.57. The van der Waals surface area contributed by atoms with Crippen molar-refractivity contribution in [3.05, 3.63) is 83.9 Å². The summed E-state index contributed by atoms with van der Waals surface area (Å²) in [5.41, 5.74) is 6.30. The molecule has 1 unspecified atom stereocenters. The Labute approximate surface area is 209 Å². The number of anilines is 3. The first-order valence-electron chi connectivity index (χ1n) is 11.4. The summed E-state index contributed by atoms with van der Waals surface area (Å²) in [6.07, 6.45) is 3.61. The normalized spacial score (nSPS) is 17.0. The first-order valence-corrected chi connectivity index (χ1v) is 11.4. The maximum absolute atomic E-state index is 6.16. The van der Waals surface area contributed by atoms with Gasteiger partial charge < -0.3 is 15.0 Å². The van der Waals surface area contributed by atoms with E-state index >= 15 is 0 Å². The summed E-state index contributed by atoms with van der Waals surface area (Å²) in [5.74, 6) is 0.979. The van der Waals surface area contributed by atoms with Gasteiger partial charge >= 0.3 is 0 Å². The fourth-order valence-corrected chi connectivity index (χ4v) is 4.94. The molecule has 3 aromatic carbocycles. The van der Waals surface area contributed by atoms with Crippen LogP contribution in [0.1, 0.15) is 24.0 Å². The molecule has 176 valence electrons. The molecule has 2 aliphatic heterocycles. The highest BCUT2D eigenvalue weighted by Gasteiger charge is 2.29. The zero-order valence-corrected chi connectivity index (χ0v) is 20.7. The predicted octanol–water partition coefficient (Wildman–Crippen LogP) is 6.31. The molecule has 0 aromatic heterocycles. The lowest BCUT2D eigenvalue weighted by Crippen LogP contribution is -2.39. The average molecular weight is 486 g/mol. The smallest absolute Gasteiger partial charge is 0.143 e. The number of para-hydroxylation sites is 3. The van der Waals surface area contributed by atoms with Crippen molar-refractivity contribution in [2.24, 2.45) is 0 Å². The summed E-state index contributed by atoms with van der Waals surface area (Å²) in [6.45, 7) is 3.91. The maximum atomic E-state index is 6.16. The van der Waals surface area contributed by atoms with Crippen LogP contribution >= 0.6 is 24.8 Å². The minimum atomic E-state index is 0. The van der Waals surface area contributed by atoms with Crippen molar-refractivity contribution in [2.45, 2.75) is 31.9 Å². The van der Waals surface area contributed by atoms with Crippen molar-refractivity contribution in [2.75, 3.05) is 36.9 Å². The Hall–Kier alpha value is -2.40. The highest BCUT2D eigenvalue weighted by Crippen LogP contribution is 2.40. The van der Waals surface area contributed by atoms with Gasteiger partial charge in [-0.15, -0.1) is 24.8 Å². The van der Waals surface area contributed by atoms with Crippen LogP contribution in [0.25, 0.3) is 0 Å². The van der Waals surface area contributed by atoms with Crippen molar-refractivity contribution >= 4 is 41.9 Å². The second kappa shape index (κ2) is 11.6. The lowest BCUT2D eigenvalue weighted by molar-refractivity contribution is 0.261. The zero-order chi connectivity index (χ0) is 21.0. The van der Waals surface area contributed by atoms with Crippen LogP contribution in [0.4, 0.5) is 17.1 Å².